The molecule has 0 saturated carbocycles. The Bertz CT molecular complexity index is 599. The van der Waals surface area contributed by atoms with Gasteiger partial charge in [0.25, 0.3) is 0 Å². The minimum atomic E-state index is 0.796. The van der Waals surface area contributed by atoms with E-state index in [1.807, 2.05) is 24.4 Å². The highest BCUT2D eigenvalue weighted by Crippen LogP contribution is 2.13. The number of pyridine rings is 1. The second-order valence-corrected chi connectivity index (χ2v) is 3.75. The van der Waals surface area contributed by atoms with Crippen LogP contribution in [-0.4, -0.2) is 15.0 Å². The number of fused-ring (bicyclic) bond motifs is 1. The van der Waals surface area contributed by atoms with Crippen molar-refractivity contribution >= 4 is 10.9 Å². The fourth-order valence-electron chi connectivity index (χ4n) is 1.78. The van der Waals surface area contributed by atoms with Crippen molar-refractivity contribution in [2.75, 3.05) is 0 Å². The van der Waals surface area contributed by atoms with Gasteiger partial charge < -0.3 is 4.98 Å². The number of imidazole rings is 1. The molecule has 0 fully saturated rings. The van der Waals surface area contributed by atoms with Crippen LogP contribution in [0.15, 0.2) is 48.9 Å². The van der Waals surface area contributed by atoms with Gasteiger partial charge in [0.15, 0.2) is 0 Å². The van der Waals surface area contributed by atoms with E-state index < -0.39 is 0 Å². The van der Waals surface area contributed by atoms with Crippen molar-refractivity contribution in [3.05, 3.63) is 60.3 Å². The summed E-state index contributed by atoms with van der Waals surface area (Å²) in [5, 5.41) is 1.18. The van der Waals surface area contributed by atoms with Crippen LogP contribution in [0.4, 0.5) is 0 Å². The lowest BCUT2D eigenvalue weighted by molar-refractivity contribution is 1.05. The van der Waals surface area contributed by atoms with Crippen molar-refractivity contribution in [2.45, 2.75) is 6.42 Å². The van der Waals surface area contributed by atoms with E-state index in [4.69, 9.17) is 0 Å². The molecule has 1 N–H and O–H groups in total. The predicted octanol–water partition coefficient (Wildman–Crippen LogP) is 2.55. The van der Waals surface area contributed by atoms with E-state index in [1.54, 1.807) is 6.33 Å². The van der Waals surface area contributed by atoms with Gasteiger partial charge in [-0.1, -0.05) is 24.3 Å². The molecule has 3 aromatic rings. The van der Waals surface area contributed by atoms with Crippen LogP contribution in [0.25, 0.3) is 10.9 Å². The van der Waals surface area contributed by atoms with E-state index in [1.165, 1.54) is 5.39 Å². The Hall–Kier alpha value is -2.16. The monoisotopic (exact) mass is 209 g/mol. The van der Waals surface area contributed by atoms with Crippen LogP contribution in [0.1, 0.15) is 11.4 Å². The van der Waals surface area contributed by atoms with Gasteiger partial charge >= 0.3 is 0 Å². The number of aromatic nitrogens is 3. The molecule has 0 unspecified atom stereocenters. The van der Waals surface area contributed by atoms with Crippen LogP contribution in [0, 0.1) is 0 Å². The number of hydrogen-bond acceptors (Lipinski definition) is 2. The summed E-state index contributed by atoms with van der Waals surface area (Å²) in [6.45, 7) is 0. The number of rotatable bonds is 2. The van der Waals surface area contributed by atoms with Gasteiger partial charge in [0, 0.05) is 29.4 Å². The summed E-state index contributed by atoms with van der Waals surface area (Å²) >= 11 is 0. The van der Waals surface area contributed by atoms with Gasteiger partial charge in [0.1, 0.15) is 0 Å². The van der Waals surface area contributed by atoms with Crippen LogP contribution < -0.4 is 0 Å². The van der Waals surface area contributed by atoms with Crippen LogP contribution in [0.3, 0.4) is 0 Å². The molecule has 16 heavy (non-hydrogen) atoms. The first-order chi connectivity index (χ1) is 7.92. The number of H-pyrrole nitrogens is 1. The summed E-state index contributed by atoms with van der Waals surface area (Å²) in [4.78, 5) is 11.7. The third kappa shape index (κ3) is 1.67. The molecule has 2 aromatic heterocycles. The molecule has 1 aromatic carbocycles. The Labute approximate surface area is 93.2 Å². The van der Waals surface area contributed by atoms with Crippen molar-refractivity contribution in [3.63, 3.8) is 0 Å². The number of benzene rings is 1. The van der Waals surface area contributed by atoms with E-state index in [0.29, 0.717) is 0 Å². The Morgan fingerprint density at radius 2 is 2.00 bits per heavy atom. The molecule has 3 nitrogen and oxygen atoms in total. The van der Waals surface area contributed by atoms with Crippen LogP contribution in [0.2, 0.25) is 0 Å². The van der Waals surface area contributed by atoms with Crippen molar-refractivity contribution in [1.82, 2.24) is 15.0 Å². The molecule has 0 aliphatic heterocycles. The summed E-state index contributed by atoms with van der Waals surface area (Å²) < 4.78 is 0. The maximum absolute atomic E-state index is 4.60. The molecule has 2 heterocycles. The van der Waals surface area contributed by atoms with E-state index in [-0.39, 0.29) is 0 Å². The zero-order valence-corrected chi connectivity index (χ0v) is 8.72. The van der Waals surface area contributed by atoms with Crippen LogP contribution in [-0.2, 0) is 6.42 Å². The molecule has 78 valence electrons. The normalized spacial score (nSPS) is 10.8. The Kier molecular flexibility index (Phi) is 2.14. The van der Waals surface area contributed by atoms with Crippen LogP contribution in [0.5, 0.6) is 0 Å². The molecule has 0 aliphatic rings. The summed E-state index contributed by atoms with van der Waals surface area (Å²) in [5.74, 6) is 0. The molecule has 0 atom stereocenters. The van der Waals surface area contributed by atoms with Gasteiger partial charge in [-0.25, -0.2) is 4.98 Å². The maximum Gasteiger partial charge on any atom is 0.0921 e. The zero-order valence-electron chi connectivity index (χ0n) is 8.72. The number of nitrogens with one attached hydrogen (secondary N) is 1. The lowest BCUT2D eigenvalue weighted by atomic mass is 10.1. The second-order valence-electron chi connectivity index (χ2n) is 3.75. The third-order valence-electron chi connectivity index (χ3n) is 2.58. The topological polar surface area (TPSA) is 41.6 Å². The average Bonchev–Trinajstić information content (AvgIpc) is 2.82. The molecule has 0 amide bonds. The molecule has 3 rings (SSSR count). The van der Waals surface area contributed by atoms with E-state index in [9.17, 15) is 0 Å². The summed E-state index contributed by atoms with van der Waals surface area (Å²) in [7, 11) is 0. The highest BCUT2D eigenvalue weighted by molar-refractivity contribution is 5.78. The standard InChI is InChI=1S/C13H11N3/c1-2-4-13-10(3-1)5-6-11(16-13)7-12-8-14-9-15-12/h1-6,8-9H,7H2,(H,14,15). The highest BCUT2D eigenvalue weighted by atomic mass is 14.9. The van der Waals surface area contributed by atoms with Gasteiger partial charge in [-0.05, 0) is 12.1 Å². The Morgan fingerprint density at radius 3 is 2.88 bits per heavy atom. The number of nitrogens with zero attached hydrogens (tertiary/aromatic N) is 2. The molecule has 0 radical (unpaired) electrons. The summed E-state index contributed by atoms with van der Waals surface area (Å²) in [6.07, 6.45) is 4.32. The minimum Gasteiger partial charge on any atom is -0.348 e. The first-order valence-corrected chi connectivity index (χ1v) is 5.24. The van der Waals surface area contributed by atoms with Gasteiger partial charge in [-0.15, -0.1) is 0 Å². The molecule has 0 bridgehead atoms. The number of para-hydroxylation sites is 1. The lowest BCUT2D eigenvalue weighted by Crippen LogP contribution is -1.92. The van der Waals surface area contributed by atoms with E-state index in [2.05, 4.69) is 33.2 Å². The summed E-state index contributed by atoms with van der Waals surface area (Å²) in [6, 6.07) is 12.3. The quantitative estimate of drug-likeness (QED) is 0.704. The SMILES string of the molecule is c1ccc2nc(Cc3cnc[nH]3)ccc2c1. The Morgan fingerprint density at radius 1 is 1.06 bits per heavy atom. The maximum atomic E-state index is 4.60. The lowest BCUT2D eigenvalue weighted by Gasteiger charge is -2.01. The second kappa shape index (κ2) is 3.77. The highest BCUT2D eigenvalue weighted by Gasteiger charge is 2.00. The fourth-order valence-corrected chi connectivity index (χ4v) is 1.78. The fraction of sp³-hybridized carbons (Fsp3) is 0.0769. The number of hydrogen-bond donors (Lipinski definition) is 1. The van der Waals surface area contributed by atoms with Gasteiger partial charge in [0.2, 0.25) is 0 Å². The number of aromatic amines is 1. The first-order valence-electron chi connectivity index (χ1n) is 5.24. The smallest absolute Gasteiger partial charge is 0.0921 e. The van der Waals surface area contributed by atoms with Crippen molar-refractivity contribution < 1.29 is 0 Å². The molecule has 3 heteroatoms. The molecule has 0 spiro atoms. The van der Waals surface area contributed by atoms with E-state index in [0.717, 1.165) is 23.3 Å². The molecular weight excluding hydrogens is 198 g/mol. The van der Waals surface area contributed by atoms with Gasteiger partial charge in [-0.3, -0.25) is 4.98 Å². The van der Waals surface area contributed by atoms with Crippen molar-refractivity contribution in [2.24, 2.45) is 0 Å². The molecular formula is C13H11N3. The minimum absolute atomic E-state index is 0.796. The molecule has 0 aliphatic carbocycles. The first kappa shape index (κ1) is 9.09. The third-order valence-corrected chi connectivity index (χ3v) is 2.58. The Balaban J connectivity index is 1.99. The van der Waals surface area contributed by atoms with E-state index >= 15 is 0 Å². The average molecular weight is 209 g/mol. The molecule has 0 saturated heterocycles. The summed E-state index contributed by atoms with van der Waals surface area (Å²) in [5.41, 5.74) is 3.19. The van der Waals surface area contributed by atoms with Crippen molar-refractivity contribution in [3.8, 4) is 0 Å². The zero-order chi connectivity index (χ0) is 10.8. The van der Waals surface area contributed by atoms with Crippen molar-refractivity contribution in [1.29, 1.82) is 0 Å². The largest absolute Gasteiger partial charge is 0.348 e. The predicted molar refractivity (Wildman–Crippen MR) is 63.1 cm³/mol. The van der Waals surface area contributed by atoms with Gasteiger partial charge in [-0.2, -0.15) is 0 Å². The van der Waals surface area contributed by atoms with Gasteiger partial charge in [0.05, 0.1) is 11.8 Å². The van der Waals surface area contributed by atoms with Crippen LogP contribution >= 0.6 is 0 Å².